The number of carbonyl (C=O) groups is 2. The zero-order valence-electron chi connectivity index (χ0n) is 24.4. The van der Waals surface area contributed by atoms with Gasteiger partial charge in [-0.3, -0.25) is 19.5 Å². The number of piperazine rings is 1. The van der Waals surface area contributed by atoms with Gasteiger partial charge >= 0.3 is 0 Å². The first-order chi connectivity index (χ1) is 22.0. The summed E-state index contributed by atoms with van der Waals surface area (Å²) in [6, 6.07) is 18.2. The number of fused-ring (bicyclic) bond motifs is 1. The maximum Gasteiger partial charge on any atom is 0.272 e. The Bertz CT molecular complexity index is 1840. The summed E-state index contributed by atoms with van der Waals surface area (Å²) in [5, 5.41) is 15.7. The quantitative estimate of drug-likeness (QED) is 0.264. The third-order valence-electron chi connectivity index (χ3n) is 7.97. The molecule has 2 aliphatic rings. The van der Waals surface area contributed by atoms with Gasteiger partial charge in [0.2, 0.25) is 11.8 Å². The van der Waals surface area contributed by atoms with Gasteiger partial charge in [0.25, 0.3) is 5.91 Å². The Kier molecular flexibility index (Phi) is 7.73. The summed E-state index contributed by atoms with van der Waals surface area (Å²) in [5.74, 6) is -0.234. The highest BCUT2D eigenvalue weighted by atomic mass is 19.1. The molecule has 1 N–H and O–H groups in total. The van der Waals surface area contributed by atoms with Crippen molar-refractivity contribution in [2.75, 3.05) is 38.6 Å². The van der Waals surface area contributed by atoms with Crippen LogP contribution in [0.25, 0.3) is 22.6 Å². The fourth-order valence-electron chi connectivity index (χ4n) is 5.52. The van der Waals surface area contributed by atoms with E-state index in [1.54, 1.807) is 48.5 Å². The van der Waals surface area contributed by atoms with Crippen molar-refractivity contribution in [3.05, 3.63) is 83.9 Å². The zero-order valence-corrected chi connectivity index (χ0v) is 24.4. The molecule has 3 aromatic heterocycles. The fraction of sp³-hybridized carbons (Fsp3) is 0.323. The Balaban J connectivity index is 1.04. The minimum absolute atomic E-state index is 0.190. The van der Waals surface area contributed by atoms with E-state index in [4.69, 9.17) is 9.15 Å². The highest BCUT2D eigenvalue weighted by Crippen LogP contribution is 2.35. The van der Waals surface area contributed by atoms with Gasteiger partial charge < -0.3 is 19.4 Å². The number of rotatable bonds is 9. The van der Waals surface area contributed by atoms with Crippen molar-refractivity contribution in [2.45, 2.75) is 25.4 Å². The van der Waals surface area contributed by atoms with Gasteiger partial charge in [-0.25, -0.2) is 9.37 Å². The lowest BCUT2D eigenvalue weighted by molar-refractivity contribution is -0.117. The summed E-state index contributed by atoms with van der Waals surface area (Å²) in [4.78, 5) is 40.0. The first-order valence-corrected chi connectivity index (χ1v) is 14.6. The smallest absolute Gasteiger partial charge is 0.272 e. The molecule has 13 nitrogen and oxygen atoms in total. The number of carbonyl (C=O) groups excluding carboxylic acids is 2. The first-order valence-electron chi connectivity index (χ1n) is 14.6. The predicted molar refractivity (Wildman–Crippen MR) is 159 cm³/mol. The summed E-state index contributed by atoms with van der Waals surface area (Å²) in [6.07, 6.45) is 0.743. The summed E-state index contributed by atoms with van der Waals surface area (Å²) in [5.41, 5.74) is 3.48. The van der Waals surface area contributed by atoms with Crippen LogP contribution in [0.4, 0.5) is 10.1 Å². The second-order valence-corrected chi connectivity index (χ2v) is 11.1. The molecule has 2 aromatic carbocycles. The Morgan fingerprint density at radius 3 is 2.64 bits per heavy atom. The molecule has 1 saturated carbocycles. The van der Waals surface area contributed by atoms with Gasteiger partial charge in [-0.15, -0.1) is 15.0 Å². The van der Waals surface area contributed by atoms with Crippen molar-refractivity contribution in [3.63, 3.8) is 0 Å². The van der Waals surface area contributed by atoms with Crippen LogP contribution < -0.4 is 5.32 Å². The Hall–Kier alpha value is -5.08. The number of oxazole rings is 1. The van der Waals surface area contributed by atoms with Crippen LogP contribution in [0.2, 0.25) is 0 Å². The van der Waals surface area contributed by atoms with Gasteiger partial charge in [0.15, 0.2) is 18.1 Å². The van der Waals surface area contributed by atoms with E-state index in [0.717, 1.165) is 5.56 Å². The first kappa shape index (κ1) is 28.7. The lowest BCUT2D eigenvalue weighted by Crippen LogP contribution is -2.50. The van der Waals surface area contributed by atoms with Gasteiger partial charge in [0.05, 0.1) is 12.0 Å². The van der Waals surface area contributed by atoms with E-state index < -0.39 is 12.1 Å². The van der Waals surface area contributed by atoms with Gasteiger partial charge in [-0.05, 0) is 47.5 Å². The molecule has 0 spiro atoms. The number of methoxy groups -OCH3 is 1. The summed E-state index contributed by atoms with van der Waals surface area (Å²) >= 11 is 0. The van der Waals surface area contributed by atoms with E-state index in [2.05, 4.69) is 35.6 Å². The summed E-state index contributed by atoms with van der Waals surface area (Å²) in [6.45, 7) is 2.37. The lowest BCUT2D eigenvalue weighted by atomic mass is 10.0. The minimum atomic E-state index is -1.07. The molecule has 5 aromatic rings. The number of alkyl halides is 1. The third-order valence-corrected chi connectivity index (χ3v) is 7.97. The molecule has 2 fully saturated rings. The molecule has 1 aliphatic heterocycles. The van der Waals surface area contributed by atoms with Crippen molar-refractivity contribution >= 4 is 28.6 Å². The highest BCUT2D eigenvalue weighted by Gasteiger charge is 2.43. The van der Waals surface area contributed by atoms with Crippen LogP contribution >= 0.6 is 0 Å². The van der Waals surface area contributed by atoms with E-state index in [9.17, 15) is 14.0 Å². The van der Waals surface area contributed by atoms with Crippen LogP contribution in [0, 0.1) is 5.92 Å². The second-order valence-electron chi connectivity index (χ2n) is 11.1. The molecule has 0 unspecified atom stereocenters. The van der Waals surface area contributed by atoms with Crippen molar-refractivity contribution in [2.24, 2.45) is 5.92 Å². The zero-order chi connectivity index (χ0) is 30.9. The summed E-state index contributed by atoms with van der Waals surface area (Å²) < 4.78 is 24.3. The number of ether oxygens (including phenoxy) is 1. The van der Waals surface area contributed by atoms with Crippen molar-refractivity contribution in [1.82, 2.24) is 40.0 Å². The van der Waals surface area contributed by atoms with Gasteiger partial charge in [-0.2, -0.15) is 0 Å². The van der Waals surface area contributed by atoms with E-state index >= 15 is 0 Å². The normalized spacial score (nSPS) is 19.0. The number of pyridine rings is 1. The molecule has 0 bridgehead atoms. The molecule has 2 amide bonds. The maximum absolute atomic E-state index is 13.6. The number of aromatic nitrogens is 6. The van der Waals surface area contributed by atoms with Crippen LogP contribution in [0.3, 0.4) is 0 Å². The Labute approximate surface area is 257 Å². The number of anilines is 1. The van der Waals surface area contributed by atoms with Crippen molar-refractivity contribution in [3.8, 4) is 11.5 Å². The maximum atomic E-state index is 13.6. The molecule has 0 radical (unpaired) electrons. The largest absolute Gasteiger partial charge is 0.436 e. The van der Waals surface area contributed by atoms with E-state index in [-0.39, 0.29) is 36.7 Å². The average molecular weight is 612 g/mol. The standard InChI is InChI=1S/C31H30FN9O4/c1-44-18-41-37-28(36-38-41)27(19-5-3-2-4-6-19)39-11-13-40(14-12-39)31(43)25-15-20(9-10-33-25)30-35-24-16-21(7-8-26(24)45-30)34-29(42)22-17-23(22)32/h2-10,15-16,22-23,27H,11-14,17-18H2,1H3,(H,34,42)/t22-,23+,27+/m1/s1. The fourth-order valence-corrected chi connectivity index (χ4v) is 5.52. The number of tetrazole rings is 1. The number of nitrogens with zero attached hydrogens (tertiary/aromatic N) is 8. The van der Waals surface area contributed by atoms with E-state index in [1.807, 2.05) is 30.3 Å². The van der Waals surface area contributed by atoms with Crippen molar-refractivity contribution < 1.29 is 23.1 Å². The van der Waals surface area contributed by atoms with Crippen LogP contribution in [0.1, 0.15) is 34.3 Å². The molecule has 7 rings (SSSR count). The predicted octanol–water partition coefficient (Wildman–Crippen LogP) is 3.32. The van der Waals surface area contributed by atoms with E-state index in [0.29, 0.717) is 60.2 Å². The molecule has 14 heteroatoms. The van der Waals surface area contributed by atoms with Crippen LogP contribution in [-0.4, -0.2) is 91.2 Å². The van der Waals surface area contributed by atoms with Crippen molar-refractivity contribution in [1.29, 1.82) is 0 Å². The molecular weight excluding hydrogens is 581 g/mol. The minimum Gasteiger partial charge on any atom is -0.436 e. The molecule has 45 heavy (non-hydrogen) atoms. The molecule has 230 valence electrons. The topological polar surface area (TPSA) is 144 Å². The van der Waals surface area contributed by atoms with Gasteiger partial charge in [-0.1, -0.05) is 30.3 Å². The third kappa shape index (κ3) is 6.01. The second kappa shape index (κ2) is 12.1. The van der Waals surface area contributed by atoms with Gasteiger partial charge in [0, 0.05) is 50.7 Å². The number of hydrogen-bond donors (Lipinski definition) is 1. The number of halogens is 1. The van der Waals surface area contributed by atoms with Crippen LogP contribution in [0.15, 0.2) is 71.3 Å². The van der Waals surface area contributed by atoms with Crippen LogP contribution in [0.5, 0.6) is 0 Å². The highest BCUT2D eigenvalue weighted by molar-refractivity contribution is 5.96. The van der Waals surface area contributed by atoms with Crippen LogP contribution in [-0.2, 0) is 16.3 Å². The molecule has 3 atom stereocenters. The SMILES string of the molecule is COCn1nnc([C@H](c2ccccc2)N2CCN(C(=O)c3cc(-c4nc5cc(NC(=O)[C@@H]6C[C@@H]6F)ccc5o4)ccn3)CC2)n1. The Morgan fingerprint density at radius 2 is 1.89 bits per heavy atom. The number of hydrogen-bond acceptors (Lipinski definition) is 10. The summed E-state index contributed by atoms with van der Waals surface area (Å²) in [7, 11) is 1.57. The Morgan fingerprint density at radius 1 is 1.09 bits per heavy atom. The monoisotopic (exact) mass is 611 g/mol. The lowest BCUT2D eigenvalue weighted by Gasteiger charge is -2.38. The molecule has 1 aliphatic carbocycles. The number of amides is 2. The molecule has 4 heterocycles. The average Bonchev–Trinajstić information content (AvgIpc) is 3.41. The van der Waals surface area contributed by atoms with E-state index in [1.165, 1.54) is 4.80 Å². The number of benzene rings is 2. The molecular formula is C31H30FN9O4. The van der Waals surface area contributed by atoms with Gasteiger partial charge in [0.1, 0.15) is 17.4 Å². The molecule has 1 saturated heterocycles. The number of nitrogens with one attached hydrogen (secondary N) is 1.